The highest BCUT2D eigenvalue weighted by Crippen LogP contribution is 2.22. The van der Waals surface area contributed by atoms with Gasteiger partial charge in [-0.15, -0.1) is 0 Å². The van der Waals surface area contributed by atoms with E-state index in [0.29, 0.717) is 16.7 Å². The molecule has 6 nitrogen and oxygen atoms in total. The van der Waals surface area contributed by atoms with E-state index in [1.807, 2.05) is 30.0 Å². The number of hydrogen-bond acceptors (Lipinski definition) is 5. The second-order valence-corrected chi connectivity index (χ2v) is 6.36. The summed E-state index contributed by atoms with van der Waals surface area (Å²) in [6.07, 6.45) is 1.59. The molecule has 0 spiro atoms. The van der Waals surface area contributed by atoms with Crippen LogP contribution in [0.1, 0.15) is 16.1 Å². The summed E-state index contributed by atoms with van der Waals surface area (Å²) in [6, 6.07) is 7.28. The molecule has 1 N–H and O–H groups in total. The summed E-state index contributed by atoms with van der Waals surface area (Å²) >= 11 is 6.13. The van der Waals surface area contributed by atoms with Crippen LogP contribution in [-0.2, 0) is 0 Å². The van der Waals surface area contributed by atoms with Gasteiger partial charge < -0.3 is 15.1 Å². The van der Waals surface area contributed by atoms with Gasteiger partial charge in [-0.2, -0.15) is 0 Å². The zero-order valence-corrected chi connectivity index (χ0v) is 14.5. The minimum absolute atomic E-state index is 0.0597. The SMILES string of the molecule is Cc1ccc(Nc2nccc(C(=O)N3CCN(C)CC3)n2)cc1Cl. The van der Waals surface area contributed by atoms with Gasteiger partial charge in [0.05, 0.1) is 0 Å². The number of nitrogens with zero attached hydrogens (tertiary/aromatic N) is 4. The number of carbonyl (C=O) groups excluding carboxylic acids is 1. The third-order valence-electron chi connectivity index (χ3n) is 4.09. The summed E-state index contributed by atoms with van der Waals surface area (Å²) in [4.78, 5) is 25.1. The lowest BCUT2D eigenvalue weighted by atomic mass is 10.2. The number of piperazine rings is 1. The number of anilines is 2. The Morgan fingerprint density at radius 2 is 1.96 bits per heavy atom. The molecule has 1 aliphatic rings. The molecule has 1 saturated heterocycles. The molecule has 0 bridgehead atoms. The first-order valence-corrected chi connectivity index (χ1v) is 8.25. The van der Waals surface area contributed by atoms with E-state index in [0.717, 1.165) is 37.4 Å². The van der Waals surface area contributed by atoms with Gasteiger partial charge in [-0.1, -0.05) is 17.7 Å². The summed E-state index contributed by atoms with van der Waals surface area (Å²) in [5, 5.41) is 3.76. The van der Waals surface area contributed by atoms with Gasteiger partial charge in [-0.3, -0.25) is 4.79 Å². The maximum Gasteiger partial charge on any atom is 0.272 e. The maximum absolute atomic E-state index is 12.6. The minimum Gasteiger partial charge on any atom is -0.335 e. The highest BCUT2D eigenvalue weighted by Gasteiger charge is 2.21. The molecule has 1 amide bonds. The molecular weight excluding hydrogens is 326 g/mol. The lowest BCUT2D eigenvalue weighted by molar-refractivity contribution is 0.0658. The van der Waals surface area contributed by atoms with E-state index in [1.54, 1.807) is 12.3 Å². The minimum atomic E-state index is -0.0597. The molecule has 2 aromatic rings. The molecule has 1 fully saturated rings. The van der Waals surface area contributed by atoms with E-state index in [9.17, 15) is 4.79 Å². The predicted molar refractivity (Wildman–Crippen MR) is 94.9 cm³/mol. The van der Waals surface area contributed by atoms with Crippen LogP contribution in [0.2, 0.25) is 5.02 Å². The van der Waals surface area contributed by atoms with Crippen molar-refractivity contribution in [3.8, 4) is 0 Å². The standard InChI is InChI=1S/C17H20ClN5O/c1-12-3-4-13(11-14(12)18)20-17-19-6-5-15(21-17)16(24)23-9-7-22(2)8-10-23/h3-6,11H,7-10H2,1-2H3,(H,19,20,21). The summed E-state index contributed by atoms with van der Waals surface area (Å²) < 4.78 is 0. The number of amides is 1. The van der Waals surface area contributed by atoms with Crippen LogP contribution < -0.4 is 5.32 Å². The number of benzene rings is 1. The molecule has 24 heavy (non-hydrogen) atoms. The van der Waals surface area contributed by atoms with Crippen LogP contribution in [0.4, 0.5) is 11.6 Å². The smallest absolute Gasteiger partial charge is 0.272 e. The number of aromatic nitrogens is 2. The Bertz CT molecular complexity index is 744. The Kier molecular flexibility index (Phi) is 4.97. The number of nitrogens with one attached hydrogen (secondary N) is 1. The lowest BCUT2D eigenvalue weighted by Crippen LogP contribution is -2.47. The van der Waals surface area contributed by atoms with E-state index in [-0.39, 0.29) is 5.91 Å². The molecule has 1 aromatic carbocycles. The fraction of sp³-hybridized carbons (Fsp3) is 0.353. The van der Waals surface area contributed by atoms with Crippen LogP contribution in [0.5, 0.6) is 0 Å². The fourth-order valence-electron chi connectivity index (χ4n) is 2.51. The first-order chi connectivity index (χ1) is 11.5. The van der Waals surface area contributed by atoms with Crippen molar-refractivity contribution in [2.45, 2.75) is 6.92 Å². The molecule has 1 aliphatic heterocycles. The second-order valence-electron chi connectivity index (χ2n) is 5.95. The number of aryl methyl sites for hydroxylation is 1. The molecule has 0 atom stereocenters. The molecule has 0 saturated carbocycles. The van der Waals surface area contributed by atoms with Gasteiger partial charge in [0.25, 0.3) is 5.91 Å². The van der Waals surface area contributed by atoms with E-state index in [2.05, 4.69) is 27.2 Å². The lowest BCUT2D eigenvalue weighted by Gasteiger charge is -2.32. The number of halogens is 1. The Morgan fingerprint density at radius 1 is 1.21 bits per heavy atom. The molecule has 3 rings (SSSR count). The molecular formula is C17H20ClN5O. The largest absolute Gasteiger partial charge is 0.335 e. The molecule has 0 aliphatic carbocycles. The summed E-state index contributed by atoms with van der Waals surface area (Å²) in [7, 11) is 2.06. The van der Waals surface area contributed by atoms with Gasteiger partial charge in [-0.25, -0.2) is 9.97 Å². The van der Waals surface area contributed by atoms with Crippen LogP contribution in [0, 0.1) is 6.92 Å². The molecule has 126 valence electrons. The van der Waals surface area contributed by atoms with Crippen molar-refractivity contribution in [1.82, 2.24) is 19.8 Å². The van der Waals surface area contributed by atoms with Crippen molar-refractivity contribution >= 4 is 29.1 Å². The third-order valence-corrected chi connectivity index (χ3v) is 4.50. The number of hydrogen-bond donors (Lipinski definition) is 1. The Labute approximate surface area is 146 Å². The van der Waals surface area contributed by atoms with Crippen LogP contribution in [0.25, 0.3) is 0 Å². The highest BCUT2D eigenvalue weighted by atomic mass is 35.5. The average Bonchev–Trinajstić information content (AvgIpc) is 2.58. The van der Waals surface area contributed by atoms with Crippen molar-refractivity contribution in [2.24, 2.45) is 0 Å². The van der Waals surface area contributed by atoms with Crippen LogP contribution >= 0.6 is 11.6 Å². The van der Waals surface area contributed by atoms with Crippen molar-refractivity contribution in [2.75, 3.05) is 38.5 Å². The Balaban J connectivity index is 1.73. The average molecular weight is 346 g/mol. The number of likely N-dealkylation sites (N-methyl/N-ethyl adjacent to an activating group) is 1. The quantitative estimate of drug-likeness (QED) is 0.926. The highest BCUT2D eigenvalue weighted by molar-refractivity contribution is 6.31. The van der Waals surface area contributed by atoms with E-state index >= 15 is 0 Å². The van der Waals surface area contributed by atoms with Crippen LogP contribution in [-0.4, -0.2) is 58.9 Å². The van der Waals surface area contributed by atoms with Crippen molar-refractivity contribution in [3.63, 3.8) is 0 Å². The molecule has 0 radical (unpaired) electrons. The fourth-order valence-corrected chi connectivity index (χ4v) is 2.69. The van der Waals surface area contributed by atoms with Crippen molar-refractivity contribution in [1.29, 1.82) is 0 Å². The maximum atomic E-state index is 12.6. The Morgan fingerprint density at radius 3 is 2.67 bits per heavy atom. The molecule has 1 aromatic heterocycles. The normalized spacial score (nSPS) is 15.4. The van der Waals surface area contributed by atoms with Gasteiger partial charge in [-0.05, 0) is 37.7 Å². The van der Waals surface area contributed by atoms with Gasteiger partial charge >= 0.3 is 0 Å². The number of rotatable bonds is 3. The summed E-state index contributed by atoms with van der Waals surface area (Å²) in [6.45, 7) is 5.14. The van der Waals surface area contributed by atoms with Gasteiger partial charge in [0.2, 0.25) is 5.95 Å². The zero-order chi connectivity index (χ0) is 17.1. The topological polar surface area (TPSA) is 61.4 Å². The van der Waals surface area contributed by atoms with Gasteiger partial charge in [0.15, 0.2) is 0 Å². The molecule has 0 unspecified atom stereocenters. The zero-order valence-electron chi connectivity index (χ0n) is 13.8. The van der Waals surface area contributed by atoms with Gasteiger partial charge in [0.1, 0.15) is 5.69 Å². The molecule has 7 heteroatoms. The van der Waals surface area contributed by atoms with Crippen LogP contribution in [0.15, 0.2) is 30.5 Å². The summed E-state index contributed by atoms with van der Waals surface area (Å²) in [5.74, 6) is 0.324. The van der Waals surface area contributed by atoms with E-state index < -0.39 is 0 Å². The van der Waals surface area contributed by atoms with Crippen LogP contribution in [0.3, 0.4) is 0 Å². The van der Waals surface area contributed by atoms with Gasteiger partial charge in [0, 0.05) is 43.1 Å². The first-order valence-electron chi connectivity index (χ1n) is 7.87. The monoisotopic (exact) mass is 345 g/mol. The molecule has 2 heterocycles. The first kappa shape index (κ1) is 16.7. The number of carbonyl (C=O) groups is 1. The van der Waals surface area contributed by atoms with Crippen molar-refractivity contribution < 1.29 is 4.79 Å². The summed E-state index contributed by atoms with van der Waals surface area (Å²) in [5.41, 5.74) is 2.19. The van der Waals surface area contributed by atoms with E-state index in [1.165, 1.54) is 0 Å². The van der Waals surface area contributed by atoms with E-state index in [4.69, 9.17) is 11.6 Å². The second kappa shape index (κ2) is 7.15. The third kappa shape index (κ3) is 3.83. The van der Waals surface area contributed by atoms with Crippen molar-refractivity contribution in [3.05, 3.63) is 46.7 Å². The predicted octanol–water partition coefficient (Wildman–Crippen LogP) is 2.57. The Hall–Kier alpha value is -2.18.